The molecule has 0 unspecified atom stereocenters. The van der Waals surface area contributed by atoms with Crippen LogP contribution in [0.3, 0.4) is 0 Å². The van der Waals surface area contributed by atoms with Crippen molar-refractivity contribution in [3.05, 3.63) is 12.2 Å². The number of unbranched alkanes of at least 4 members (excludes halogenated alkanes) is 11. The zero-order valence-electron chi connectivity index (χ0n) is 15.6. The molecule has 6 nitrogen and oxygen atoms in total. The largest absolute Gasteiger partial charge is 0.491 e. The molecule has 0 rings (SSSR count). The van der Waals surface area contributed by atoms with E-state index in [9.17, 15) is 9.36 Å². The number of hydroxylamine groups is 1. The number of rotatable bonds is 17. The van der Waals surface area contributed by atoms with Crippen LogP contribution in [0.2, 0.25) is 0 Å². The average molecular weight is 377 g/mol. The Labute approximate surface area is 152 Å². The molecular weight excluding hydrogens is 341 g/mol. The number of hydrogen-bond donors (Lipinski definition) is 3. The molecule has 3 N–H and O–H groups in total. The molecule has 0 aromatic heterocycles. The maximum atomic E-state index is 11.2. The highest BCUT2D eigenvalue weighted by molar-refractivity contribution is 7.46. The molecule has 7 heteroatoms. The summed E-state index contributed by atoms with van der Waals surface area (Å²) in [6.45, 7) is 2.24. The first-order valence-corrected chi connectivity index (χ1v) is 11.2. The van der Waals surface area contributed by atoms with E-state index >= 15 is 0 Å². The molecule has 0 aliphatic carbocycles. The first-order chi connectivity index (χ1) is 12.0. The highest BCUT2D eigenvalue weighted by atomic mass is 31.2. The minimum absolute atomic E-state index is 0.220. The van der Waals surface area contributed by atoms with Crippen LogP contribution in [0, 0.1) is 0 Å². The Morgan fingerprint density at radius 2 is 1.36 bits per heavy atom. The summed E-state index contributed by atoms with van der Waals surface area (Å²) in [6.07, 6.45) is 20.2. The van der Waals surface area contributed by atoms with Gasteiger partial charge in [-0.25, -0.2) is 10.0 Å². The number of nitrogens with one attached hydrogen (secondary N) is 1. The highest BCUT2D eigenvalue weighted by Gasteiger charge is 2.15. The van der Waals surface area contributed by atoms with Crippen molar-refractivity contribution in [3.8, 4) is 0 Å². The normalized spacial score (nSPS) is 12.0. The fourth-order valence-corrected chi connectivity index (χ4v) is 2.74. The summed E-state index contributed by atoms with van der Waals surface area (Å²) in [7, 11) is -4.63. The zero-order chi connectivity index (χ0) is 18.8. The van der Waals surface area contributed by atoms with Crippen LogP contribution in [0.5, 0.6) is 0 Å². The molecule has 0 fully saturated rings. The lowest BCUT2D eigenvalue weighted by molar-refractivity contribution is -0.128. The van der Waals surface area contributed by atoms with E-state index in [2.05, 4.69) is 23.7 Å². The number of carbonyl (C=O) groups excluding carboxylic acids is 1. The Hall–Kier alpha value is -0.680. The van der Waals surface area contributed by atoms with Crippen LogP contribution in [0.1, 0.15) is 96.8 Å². The van der Waals surface area contributed by atoms with Crippen LogP contribution in [0.25, 0.3) is 0 Å². The maximum Gasteiger partial charge on any atom is 0.491 e. The number of amides is 1. The quantitative estimate of drug-likeness (QED) is 0.141. The Morgan fingerprint density at radius 3 is 1.88 bits per heavy atom. The van der Waals surface area contributed by atoms with Gasteiger partial charge in [-0.05, 0) is 32.1 Å². The Balaban J connectivity index is 3.26. The summed E-state index contributed by atoms with van der Waals surface area (Å²) >= 11 is 0. The molecule has 0 bridgehead atoms. The molecule has 0 aromatic carbocycles. The van der Waals surface area contributed by atoms with Crippen molar-refractivity contribution in [1.29, 1.82) is 0 Å². The molecule has 0 spiro atoms. The third-order valence-corrected chi connectivity index (χ3v) is 4.27. The van der Waals surface area contributed by atoms with E-state index in [1.165, 1.54) is 51.4 Å². The fourth-order valence-electron chi connectivity index (χ4n) is 2.52. The van der Waals surface area contributed by atoms with Crippen molar-refractivity contribution in [3.63, 3.8) is 0 Å². The van der Waals surface area contributed by atoms with Crippen LogP contribution < -0.4 is 5.48 Å². The van der Waals surface area contributed by atoms with E-state index in [4.69, 9.17) is 9.79 Å². The molecule has 1 amide bonds. The molecule has 25 heavy (non-hydrogen) atoms. The van der Waals surface area contributed by atoms with Gasteiger partial charge in [-0.1, -0.05) is 70.4 Å². The lowest BCUT2D eigenvalue weighted by Gasteiger charge is -2.05. The van der Waals surface area contributed by atoms with Gasteiger partial charge in [-0.3, -0.25) is 4.79 Å². The Morgan fingerprint density at radius 1 is 0.880 bits per heavy atom. The molecule has 0 saturated heterocycles. The van der Waals surface area contributed by atoms with Gasteiger partial charge in [0.2, 0.25) is 5.91 Å². The van der Waals surface area contributed by atoms with E-state index in [1.807, 2.05) is 0 Å². The molecule has 0 radical (unpaired) electrons. The zero-order valence-corrected chi connectivity index (χ0v) is 16.5. The third kappa shape index (κ3) is 21.3. The minimum atomic E-state index is -4.63. The Kier molecular flexibility index (Phi) is 16.3. The minimum Gasteiger partial charge on any atom is -0.301 e. The van der Waals surface area contributed by atoms with Crippen LogP contribution >= 0.6 is 7.82 Å². The van der Waals surface area contributed by atoms with E-state index < -0.39 is 13.7 Å². The molecule has 0 aliphatic rings. The van der Waals surface area contributed by atoms with E-state index in [-0.39, 0.29) is 6.42 Å². The van der Waals surface area contributed by atoms with Gasteiger partial charge in [0.15, 0.2) is 0 Å². The van der Waals surface area contributed by atoms with Gasteiger partial charge in [-0.2, -0.15) is 4.62 Å². The van der Waals surface area contributed by atoms with Gasteiger partial charge in [0.05, 0.1) is 0 Å². The van der Waals surface area contributed by atoms with Crippen LogP contribution in [0.15, 0.2) is 12.2 Å². The van der Waals surface area contributed by atoms with Gasteiger partial charge in [0.25, 0.3) is 0 Å². The predicted molar refractivity (Wildman–Crippen MR) is 101 cm³/mol. The fraction of sp³-hybridized carbons (Fsp3) is 0.833. The maximum absolute atomic E-state index is 11.2. The molecule has 148 valence electrons. The first kappa shape index (κ1) is 24.3. The second kappa shape index (κ2) is 16.8. The summed E-state index contributed by atoms with van der Waals surface area (Å²) in [5, 5.41) is 0. The predicted octanol–water partition coefficient (Wildman–Crippen LogP) is 5.16. The van der Waals surface area contributed by atoms with Crippen molar-refractivity contribution in [2.24, 2.45) is 0 Å². The van der Waals surface area contributed by atoms with Crippen molar-refractivity contribution in [2.75, 3.05) is 0 Å². The van der Waals surface area contributed by atoms with E-state index in [0.29, 0.717) is 6.42 Å². The number of allylic oxidation sites excluding steroid dienone is 2. The molecular formula is C18H36NO5P. The second-order valence-electron chi connectivity index (χ2n) is 6.44. The van der Waals surface area contributed by atoms with Gasteiger partial charge in [0.1, 0.15) is 0 Å². The number of phosphoric acid groups is 1. The lowest BCUT2D eigenvalue weighted by Crippen LogP contribution is -2.21. The molecule has 0 aromatic rings. The van der Waals surface area contributed by atoms with Gasteiger partial charge in [0, 0.05) is 6.42 Å². The van der Waals surface area contributed by atoms with Crippen molar-refractivity contribution >= 4 is 13.7 Å². The van der Waals surface area contributed by atoms with Crippen LogP contribution in [-0.2, 0) is 14.0 Å². The number of carbonyl (C=O) groups is 1. The summed E-state index contributed by atoms with van der Waals surface area (Å²) in [5.74, 6) is -0.499. The molecule has 0 heterocycles. The monoisotopic (exact) mass is 377 g/mol. The first-order valence-electron chi connectivity index (χ1n) is 9.63. The lowest BCUT2D eigenvalue weighted by atomic mass is 10.1. The second-order valence-corrected chi connectivity index (χ2v) is 7.61. The van der Waals surface area contributed by atoms with E-state index in [0.717, 1.165) is 25.7 Å². The van der Waals surface area contributed by atoms with Crippen molar-refractivity contribution in [2.45, 2.75) is 96.8 Å². The topological polar surface area (TPSA) is 95.9 Å². The Bertz CT molecular complexity index is 395. The smallest absolute Gasteiger partial charge is 0.301 e. The van der Waals surface area contributed by atoms with Gasteiger partial charge < -0.3 is 9.79 Å². The van der Waals surface area contributed by atoms with Crippen molar-refractivity contribution < 1.29 is 23.8 Å². The van der Waals surface area contributed by atoms with E-state index in [1.54, 1.807) is 5.48 Å². The van der Waals surface area contributed by atoms with Gasteiger partial charge in [-0.15, -0.1) is 0 Å². The molecule has 0 atom stereocenters. The summed E-state index contributed by atoms with van der Waals surface area (Å²) in [4.78, 5) is 28.1. The summed E-state index contributed by atoms with van der Waals surface area (Å²) < 4.78 is 14.3. The summed E-state index contributed by atoms with van der Waals surface area (Å²) in [5.41, 5.74) is 1.76. The number of hydrogen-bond acceptors (Lipinski definition) is 3. The third-order valence-electron chi connectivity index (χ3n) is 3.94. The standard InChI is InChI=1S/C18H36NO5P/c1-2-3-4-5-6-7-8-9-10-11-12-13-14-15-16-17-18(20)19-24-25(21,22)23/h9-10H,2-8,11-17H2,1H3,(H,19,20)(H2,21,22,23)/b10-9-. The van der Waals surface area contributed by atoms with Gasteiger partial charge >= 0.3 is 7.82 Å². The van der Waals surface area contributed by atoms with Crippen molar-refractivity contribution in [1.82, 2.24) is 5.48 Å². The summed E-state index contributed by atoms with van der Waals surface area (Å²) in [6, 6.07) is 0. The highest BCUT2D eigenvalue weighted by Crippen LogP contribution is 2.33. The average Bonchev–Trinajstić information content (AvgIpc) is 2.56. The molecule has 0 aliphatic heterocycles. The SMILES string of the molecule is CCCCCCCC/C=C\CCCCCCCC(=O)NOP(=O)(O)O. The molecule has 0 saturated carbocycles. The van der Waals surface area contributed by atoms with Crippen LogP contribution in [0.4, 0.5) is 0 Å². The van der Waals surface area contributed by atoms with Crippen LogP contribution in [-0.4, -0.2) is 15.7 Å².